The highest BCUT2D eigenvalue weighted by molar-refractivity contribution is 5.97. The lowest BCUT2D eigenvalue weighted by Gasteiger charge is -2.28. The molecule has 1 unspecified atom stereocenters. The molecule has 5 nitrogen and oxygen atoms in total. The molecule has 2 heterocycles. The summed E-state index contributed by atoms with van der Waals surface area (Å²) in [6.07, 6.45) is 2.59. The van der Waals surface area contributed by atoms with Crippen LogP contribution in [0.15, 0.2) is 18.3 Å². The molecule has 1 aromatic heterocycles. The highest BCUT2D eigenvalue weighted by Gasteiger charge is 2.26. The van der Waals surface area contributed by atoms with Gasteiger partial charge in [0, 0.05) is 25.3 Å². The number of amides is 1. The summed E-state index contributed by atoms with van der Waals surface area (Å²) < 4.78 is 0. The van der Waals surface area contributed by atoms with Gasteiger partial charge in [-0.05, 0) is 39.1 Å². The zero-order chi connectivity index (χ0) is 13.1. The molecule has 18 heavy (non-hydrogen) atoms. The summed E-state index contributed by atoms with van der Waals surface area (Å²) in [6, 6.07) is 3.65. The number of aromatic nitrogens is 1. The Morgan fingerprint density at radius 2 is 2.28 bits per heavy atom. The smallest absolute Gasteiger partial charge is 0.274 e. The van der Waals surface area contributed by atoms with E-state index in [9.17, 15) is 4.79 Å². The Labute approximate surface area is 108 Å². The van der Waals surface area contributed by atoms with Gasteiger partial charge in [-0.15, -0.1) is 0 Å². The van der Waals surface area contributed by atoms with Gasteiger partial charge in [0.2, 0.25) is 0 Å². The minimum Gasteiger partial charge on any atom is -0.397 e. The van der Waals surface area contributed by atoms with E-state index < -0.39 is 0 Å². The van der Waals surface area contributed by atoms with Crippen molar-refractivity contribution >= 4 is 11.6 Å². The number of carbonyl (C=O) groups is 1. The van der Waals surface area contributed by atoms with Crippen molar-refractivity contribution in [2.45, 2.75) is 19.4 Å². The molecular weight excluding hydrogens is 228 g/mol. The van der Waals surface area contributed by atoms with E-state index in [4.69, 9.17) is 5.73 Å². The van der Waals surface area contributed by atoms with Crippen LogP contribution in [0.2, 0.25) is 0 Å². The summed E-state index contributed by atoms with van der Waals surface area (Å²) >= 11 is 0. The summed E-state index contributed by atoms with van der Waals surface area (Å²) in [5.74, 6) is -0.0594. The van der Waals surface area contributed by atoms with Crippen molar-refractivity contribution in [3.05, 3.63) is 24.0 Å². The van der Waals surface area contributed by atoms with E-state index in [-0.39, 0.29) is 11.9 Å². The third kappa shape index (κ3) is 2.61. The Bertz CT molecular complexity index is 435. The number of likely N-dealkylation sites (N-methyl/N-ethyl adjacent to an activating group) is 1. The molecule has 1 aliphatic rings. The van der Waals surface area contributed by atoms with Gasteiger partial charge in [0.1, 0.15) is 0 Å². The molecule has 1 atom stereocenters. The fourth-order valence-corrected chi connectivity index (χ4v) is 2.41. The molecular formula is C13H20N4O. The lowest BCUT2D eigenvalue weighted by atomic mass is 10.2. The number of anilines is 1. The molecule has 0 aromatic carbocycles. The first-order chi connectivity index (χ1) is 8.59. The molecule has 5 heteroatoms. The van der Waals surface area contributed by atoms with Crippen LogP contribution in [-0.2, 0) is 0 Å². The van der Waals surface area contributed by atoms with Crippen molar-refractivity contribution in [1.29, 1.82) is 0 Å². The number of pyridine rings is 1. The van der Waals surface area contributed by atoms with Gasteiger partial charge in [0.25, 0.3) is 5.91 Å². The normalized spacial score (nSPS) is 21.7. The number of carbonyl (C=O) groups excluding carboxylic acids is 1. The molecule has 0 bridgehead atoms. The Morgan fingerprint density at radius 3 is 3.00 bits per heavy atom. The Balaban J connectivity index is 2.20. The zero-order valence-electron chi connectivity index (χ0n) is 11.0. The average Bonchev–Trinajstić information content (AvgIpc) is 2.50. The monoisotopic (exact) mass is 248 g/mol. The van der Waals surface area contributed by atoms with Crippen LogP contribution in [0.4, 0.5) is 5.69 Å². The van der Waals surface area contributed by atoms with Gasteiger partial charge >= 0.3 is 0 Å². The van der Waals surface area contributed by atoms with E-state index in [1.807, 2.05) is 4.90 Å². The third-order valence-electron chi connectivity index (χ3n) is 3.35. The van der Waals surface area contributed by atoms with Gasteiger partial charge in [-0.25, -0.2) is 4.98 Å². The van der Waals surface area contributed by atoms with Crippen LogP contribution < -0.4 is 5.73 Å². The standard InChI is InChI=1S/C13H20N4O/c1-10-9-16(2)7-4-8-17(10)13(18)12-11(14)5-3-6-15-12/h3,5-6,10H,4,7-9,14H2,1-2H3. The molecule has 1 aromatic rings. The maximum atomic E-state index is 12.5. The first-order valence-electron chi connectivity index (χ1n) is 6.29. The first kappa shape index (κ1) is 12.8. The van der Waals surface area contributed by atoms with E-state index in [1.54, 1.807) is 18.3 Å². The number of nitrogens with two attached hydrogens (primary N) is 1. The van der Waals surface area contributed by atoms with Crippen LogP contribution >= 0.6 is 0 Å². The molecule has 0 saturated carbocycles. The second kappa shape index (κ2) is 5.35. The van der Waals surface area contributed by atoms with Gasteiger partial charge < -0.3 is 15.5 Å². The van der Waals surface area contributed by atoms with E-state index in [2.05, 4.69) is 23.9 Å². The molecule has 2 N–H and O–H groups in total. The second-order valence-electron chi connectivity index (χ2n) is 4.90. The summed E-state index contributed by atoms with van der Waals surface area (Å²) in [5, 5.41) is 0. The van der Waals surface area contributed by atoms with E-state index in [0.29, 0.717) is 11.4 Å². The van der Waals surface area contributed by atoms with Gasteiger partial charge in [-0.2, -0.15) is 0 Å². The number of rotatable bonds is 1. The predicted molar refractivity (Wildman–Crippen MR) is 71.3 cm³/mol. The largest absolute Gasteiger partial charge is 0.397 e. The highest BCUT2D eigenvalue weighted by Crippen LogP contribution is 2.15. The minimum atomic E-state index is -0.0594. The van der Waals surface area contributed by atoms with Crippen LogP contribution in [0.5, 0.6) is 0 Å². The van der Waals surface area contributed by atoms with Crippen LogP contribution in [0.1, 0.15) is 23.8 Å². The first-order valence-corrected chi connectivity index (χ1v) is 6.29. The molecule has 0 spiro atoms. The number of hydrogen-bond acceptors (Lipinski definition) is 4. The molecule has 0 radical (unpaired) electrons. The van der Waals surface area contributed by atoms with Crippen molar-refractivity contribution in [1.82, 2.24) is 14.8 Å². The third-order valence-corrected chi connectivity index (χ3v) is 3.35. The number of nitrogens with zero attached hydrogens (tertiary/aromatic N) is 3. The van der Waals surface area contributed by atoms with Crippen molar-refractivity contribution in [3.63, 3.8) is 0 Å². The Kier molecular flexibility index (Phi) is 3.81. The van der Waals surface area contributed by atoms with Crippen molar-refractivity contribution in [2.75, 3.05) is 32.4 Å². The molecule has 0 aliphatic carbocycles. The van der Waals surface area contributed by atoms with Crippen LogP contribution in [0.3, 0.4) is 0 Å². The minimum absolute atomic E-state index is 0.0594. The summed E-state index contributed by atoms with van der Waals surface area (Å²) in [6.45, 7) is 4.74. The Hall–Kier alpha value is -1.62. The molecule has 2 rings (SSSR count). The highest BCUT2D eigenvalue weighted by atomic mass is 16.2. The number of hydrogen-bond donors (Lipinski definition) is 1. The van der Waals surface area contributed by atoms with E-state index in [0.717, 1.165) is 26.1 Å². The average molecular weight is 248 g/mol. The molecule has 1 amide bonds. The topological polar surface area (TPSA) is 62.5 Å². The fourth-order valence-electron chi connectivity index (χ4n) is 2.41. The van der Waals surface area contributed by atoms with Gasteiger partial charge in [-0.3, -0.25) is 4.79 Å². The fraction of sp³-hybridized carbons (Fsp3) is 0.538. The molecule has 98 valence electrons. The van der Waals surface area contributed by atoms with Gasteiger partial charge in [0.15, 0.2) is 5.69 Å². The summed E-state index contributed by atoms with van der Waals surface area (Å²) in [5.41, 5.74) is 6.64. The lowest BCUT2D eigenvalue weighted by Crippen LogP contribution is -2.42. The number of nitrogen functional groups attached to an aromatic ring is 1. The Morgan fingerprint density at radius 1 is 1.50 bits per heavy atom. The van der Waals surface area contributed by atoms with E-state index >= 15 is 0 Å². The summed E-state index contributed by atoms with van der Waals surface area (Å²) in [7, 11) is 2.08. The van der Waals surface area contributed by atoms with Gasteiger partial charge in [0.05, 0.1) is 5.69 Å². The lowest BCUT2D eigenvalue weighted by molar-refractivity contribution is 0.0691. The summed E-state index contributed by atoms with van der Waals surface area (Å²) in [4.78, 5) is 20.7. The molecule has 1 aliphatic heterocycles. The van der Waals surface area contributed by atoms with Crippen LogP contribution in [0.25, 0.3) is 0 Å². The van der Waals surface area contributed by atoms with Crippen molar-refractivity contribution in [3.8, 4) is 0 Å². The maximum absolute atomic E-state index is 12.5. The molecule has 1 saturated heterocycles. The van der Waals surface area contributed by atoms with Crippen LogP contribution in [0, 0.1) is 0 Å². The van der Waals surface area contributed by atoms with Gasteiger partial charge in [-0.1, -0.05) is 0 Å². The van der Waals surface area contributed by atoms with Crippen molar-refractivity contribution in [2.24, 2.45) is 0 Å². The second-order valence-corrected chi connectivity index (χ2v) is 4.90. The maximum Gasteiger partial charge on any atom is 0.274 e. The zero-order valence-corrected chi connectivity index (χ0v) is 11.0. The predicted octanol–water partition coefficient (Wildman–Crippen LogP) is 0.830. The van der Waals surface area contributed by atoms with Crippen molar-refractivity contribution < 1.29 is 4.79 Å². The van der Waals surface area contributed by atoms with Crippen LogP contribution in [-0.4, -0.2) is 53.4 Å². The van der Waals surface area contributed by atoms with E-state index in [1.165, 1.54) is 0 Å². The quantitative estimate of drug-likeness (QED) is 0.799. The SMILES string of the molecule is CC1CN(C)CCCN1C(=O)c1ncccc1N. The molecule has 1 fully saturated rings.